The van der Waals surface area contributed by atoms with E-state index in [0.717, 1.165) is 12.1 Å². The fraction of sp³-hybridized carbons (Fsp3) is 0.214. The number of aromatic amines is 1. The normalized spacial score (nSPS) is 10.7. The minimum Gasteiger partial charge on any atom is -0.478 e. The summed E-state index contributed by atoms with van der Waals surface area (Å²) < 4.78 is 13.6. The number of anilines is 2. The summed E-state index contributed by atoms with van der Waals surface area (Å²) in [6.07, 6.45) is 0. The van der Waals surface area contributed by atoms with E-state index >= 15 is 0 Å². The number of aromatic carboxylic acids is 1. The zero-order chi connectivity index (χ0) is 15.6. The van der Waals surface area contributed by atoms with Crippen molar-refractivity contribution in [3.05, 3.63) is 51.8 Å². The maximum absolute atomic E-state index is 13.6. The van der Waals surface area contributed by atoms with Gasteiger partial charge in [0.15, 0.2) is 0 Å². The Morgan fingerprint density at radius 3 is 2.67 bits per heavy atom. The summed E-state index contributed by atoms with van der Waals surface area (Å²) in [6, 6.07) is 4.84. The van der Waals surface area contributed by atoms with E-state index in [-0.39, 0.29) is 17.3 Å². The first-order valence-electron chi connectivity index (χ1n) is 6.28. The Morgan fingerprint density at radius 2 is 2.10 bits per heavy atom. The third-order valence-corrected chi connectivity index (χ3v) is 2.78. The van der Waals surface area contributed by atoms with Gasteiger partial charge in [0.05, 0.1) is 5.56 Å². The van der Waals surface area contributed by atoms with Crippen LogP contribution in [0, 0.1) is 5.82 Å². The van der Waals surface area contributed by atoms with E-state index in [1.807, 2.05) is 13.8 Å². The molecule has 6 nitrogen and oxygen atoms in total. The van der Waals surface area contributed by atoms with Crippen molar-refractivity contribution in [3.63, 3.8) is 0 Å². The standard InChI is InChI=1S/C14H14FN3O3/c1-7(2)13-17-11(6-12(19)18-13)16-8-3-4-9(14(20)21)10(15)5-8/h3-7H,1-2H3,(H,20,21)(H2,16,17,18,19). The van der Waals surface area contributed by atoms with Crippen LogP contribution in [-0.2, 0) is 0 Å². The Bertz CT molecular complexity index is 740. The van der Waals surface area contributed by atoms with Crippen LogP contribution in [0.4, 0.5) is 15.9 Å². The van der Waals surface area contributed by atoms with Crippen LogP contribution >= 0.6 is 0 Å². The predicted octanol–water partition coefficient (Wildman–Crippen LogP) is 2.47. The molecular weight excluding hydrogens is 277 g/mol. The van der Waals surface area contributed by atoms with Crippen molar-refractivity contribution in [3.8, 4) is 0 Å². The monoisotopic (exact) mass is 291 g/mol. The first-order valence-corrected chi connectivity index (χ1v) is 6.28. The summed E-state index contributed by atoms with van der Waals surface area (Å²) in [5.41, 5.74) is -0.425. The molecule has 0 unspecified atom stereocenters. The lowest BCUT2D eigenvalue weighted by Crippen LogP contribution is -2.13. The first kappa shape index (κ1) is 14.7. The van der Waals surface area contributed by atoms with E-state index in [4.69, 9.17) is 5.11 Å². The topological polar surface area (TPSA) is 95.1 Å². The van der Waals surface area contributed by atoms with Crippen molar-refractivity contribution >= 4 is 17.5 Å². The van der Waals surface area contributed by atoms with Crippen molar-refractivity contribution in [1.29, 1.82) is 0 Å². The molecule has 1 aromatic heterocycles. The fourth-order valence-corrected chi connectivity index (χ4v) is 1.73. The third kappa shape index (κ3) is 3.44. The second-order valence-electron chi connectivity index (χ2n) is 4.80. The second-order valence-corrected chi connectivity index (χ2v) is 4.80. The average molecular weight is 291 g/mol. The van der Waals surface area contributed by atoms with Crippen LogP contribution in [0.5, 0.6) is 0 Å². The average Bonchev–Trinajstić information content (AvgIpc) is 2.37. The van der Waals surface area contributed by atoms with Gasteiger partial charge in [-0.05, 0) is 18.2 Å². The Labute approximate surface area is 119 Å². The lowest BCUT2D eigenvalue weighted by Gasteiger charge is -2.09. The number of rotatable bonds is 4. The van der Waals surface area contributed by atoms with Gasteiger partial charge in [-0.3, -0.25) is 4.79 Å². The number of hydrogen-bond donors (Lipinski definition) is 3. The highest BCUT2D eigenvalue weighted by Crippen LogP contribution is 2.18. The lowest BCUT2D eigenvalue weighted by atomic mass is 10.2. The lowest BCUT2D eigenvalue weighted by molar-refractivity contribution is 0.0692. The van der Waals surface area contributed by atoms with Crippen molar-refractivity contribution in [2.75, 3.05) is 5.32 Å². The number of benzene rings is 1. The zero-order valence-electron chi connectivity index (χ0n) is 11.5. The molecule has 1 heterocycles. The number of aromatic nitrogens is 2. The molecule has 0 fully saturated rings. The molecule has 1 aromatic carbocycles. The van der Waals surface area contributed by atoms with E-state index in [9.17, 15) is 14.0 Å². The summed E-state index contributed by atoms with van der Waals surface area (Å²) in [5.74, 6) is -1.39. The molecule has 21 heavy (non-hydrogen) atoms. The summed E-state index contributed by atoms with van der Waals surface area (Å²) in [4.78, 5) is 29.1. The van der Waals surface area contributed by atoms with Gasteiger partial charge >= 0.3 is 5.97 Å². The van der Waals surface area contributed by atoms with Crippen molar-refractivity contribution in [2.45, 2.75) is 19.8 Å². The Hall–Kier alpha value is -2.70. The molecule has 0 radical (unpaired) electrons. The number of hydrogen-bond acceptors (Lipinski definition) is 4. The number of nitrogens with zero attached hydrogens (tertiary/aromatic N) is 1. The van der Waals surface area contributed by atoms with Gasteiger partial charge in [-0.1, -0.05) is 13.8 Å². The van der Waals surface area contributed by atoms with Crippen LogP contribution in [0.2, 0.25) is 0 Å². The van der Waals surface area contributed by atoms with Gasteiger partial charge in [0, 0.05) is 17.7 Å². The third-order valence-electron chi connectivity index (χ3n) is 2.78. The van der Waals surface area contributed by atoms with Crippen LogP contribution in [0.1, 0.15) is 35.9 Å². The van der Waals surface area contributed by atoms with Crippen LogP contribution in [-0.4, -0.2) is 21.0 Å². The molecule has 0 saturated heterocycles. The van der Waals surface area contributed by atoms with E-state index in [2.05, 4.69) is 15.3 Å². The van der Waals surface area contributed by atoms with Gasteiger partial charge in [-0.2, -0.15) is 0 Å². The second kappa shape index (κ2) is 5.74. The molecule has 0 amide bonds. The summed E-state index contributed by atoms with van der Waals surface area (Å²) in [5, 5.41) is 11.5. The Morgan fingerprint density at radius 1 is 1.38 bits per heavy atom. The van der Waals surface area contributed by atoms with Gasteiger partial charge in [0.25, 0.3) is 5.56 Å². The molecule has 0 atom stereocenters. The molecule has 110 valence electrons. The largest absolute Gasteiger partial charge is 0.478 e. The minimum atomic E-state index is -1.34. The molecule has 0 saturated carbocycles. The molecule has 2 aromatic rings. The number of halogens is 1. The summed E-state index contributed by atoms with van der Waals surface area (Å²) in [7, 11) is 0. The number of carboxylic acids is 1. The summed E-state index contributed by atoms with van der Waals surface area (Å²) in [6.45, 7) is 3.76. The van der Waals surface area contributed by atoms with E-state index in [1.165, 1.54) is 12.1 Å². The van der Waals surface area contributed by atoms with E-state index in [1.54, 1.807) is 0 Å². The van der Waals surface area contributed by atoms with Crippen molar-refractivity contribution in [2.24, 2.45) is 0 Å². The van der Waals surface area contributed by atoms with Crippen molar-refractivity contribution in [1.82, 2.24) is 9.97 Å². The van der Waals surface area contributed by atoms with E-state index < -0.39 is 17.3 Å². The van der Waals surface area contributed by atoms with Crippen LogP contribution < -0.4 is 10.9 Å². The number of nitrogens with one attached hydrogen (secondary N) is 2. The molecule has 0 aliphatic heterocycles. The van der Waals surface area contributed by atoms with E-state index in [0.29, 0.717) is 11.5 Å². The quantitative estimate of drug-likeness (QED) is 0.804. The molecular formula is C14H14FN3O3. The molecule has 0 spiro atoms. The highest BCUT2D eigenvalue weighted by atomic mass is 19.1. The fourth-order valence-electron chi connectivity index (χ4n) is 1.73. The summed E-state index contributed by atoms with van der Waals surface area (Å²) >= 11 is 0. The number of H-pyrrole nitrogens is 1. The maximum atomic E-state index is 13.6. The van der Waals surface area contributed by atoms with Gasteiger partial charge < -0.3 is 15.4 Å². The predicted molar refractivity (Wildman–Crippen MR) is 75.6 cm³/mol. The van der Waals surface area contributed by atoms with Gasteiger partial charge in [0.2, 0.25) is 0 Å². The van der Waals surface area contributed by atoms with Crippen LogP contribution in [0.3, 0.4) is 0 Å². The molecule has 3 N–H and O–H groups in total. The highest BCUT2D eigenvalue weighted by molar-refractivity contribution is 5.88. The Balaban J connectivity index is 2.32. The number of carbonyl (C=O) groups is 1. The maximum Gasteiger partial charge on any atom is 0.338 e. The van der Waals surface area contributed by atoms with Gasteiger partial charge in [-0.25, -0.2) is 14.2 Å². The molecule has 0 aliphatic rings. The number of carboxylic acid groups (broad SMARTS) is 1. The first-order chi connectivity index (χ1) is 9.86. The van der Waals surface area contributed by atoms with Crippen LogP contribution in [0.15, 0.2) is 29.1 Å². The van der Waals surface area contributed by atoms with Gasteiger partial charge in [-0.15, -0.1) is 0 Å². The van der Waals surface area contributed by atoms with Crippen molar-refractivity contribution < 1.29 is 14.3 Å². The Kier molecular flexibility index (Phi) is 4.02. The zero-order valence-corrected chi connectivity index (χ0v) is 11.5. The molecule has 0 aliphatic carbocycles. The minimum absolute atomic E-state index is 0.0329. The molecule has 7 heteroatoms. The van der Waals surface area contributed by atoms with Crippen LogP contribution in [0.25, 0.3) is 0 Å². The SMILES string of the molecule is CC(C)c1nc(Nc2ccc(C(=O)O)c(F)c2)cc(=O)[nH]1. The molecule has 2 rings (SSSR count). The highest BCUT2D eigenvalue weighted by Gasteiger charge is 2.11. The molecule has 0 bridgehead atoms. The smallest absolute Gasteiger partial charge is 0.338 e. The van der Waals surface area contributed by atoms with Gasteiger partial charge in [0.1, 0.15) is 17.5 Å².